The lowest BCUT2D eigenvalue weighted by Gasteiger charge is -2.19. The standard InChI is InChI=1S/C16H27NS/c1-4-7-12(2)10-14(17-3)16-11-13-8-5-6-9-15(13)18-16/h11-12,14,17H,4-10H2,1-3H3. The molecule has 2 atom stereocenters. The van der Waals surface area contributed by atoms with Crippen molar-refractivity contribution in [3.8, 4) is 0 Å². The van der Waals surface area contributed by atoms with Gasteiger partial charge in [-0.1, -0.05) is 26.7 Å². The van der Waals surface area contributed by atoms with E-state index in [-0.39, 0.29) is 0 Å². The normalized spacial score (nSPS) is 18.4. The van der Waals surface area contributed by atoms with E-state index >= 15 is 0 Å². The highest BCUT2D eigenvalue weighted by atomic mass is 32.1. The van der Waals surface area contributed by atoms with Crippen molar-refractivity contribution >= 4 is 11.3 Å². The first-order valence-corrected chi connectivity index (χ1v) is 8.35. The molecule has 18 heavy (non-hydrogen) atoms. The molecule has 0 bridgehead atoms. The number of rotatable bonds is 6. The van der Waals surface area contributed by atoms with Crippen LogP contribution in [0.4, 0.5) is 0 Å². The van der Waals surface area contributed by atoms with Gasteiger partial charge in [0.25, 0.3) is 0 Å². The number of aryl methyl sites for hydroxylation is 2. The first-order valence-electron chi connectivity index (χ1n) is 7.53. The van der Waals surface area contributed by atoms with Gasteiger partial charge in [-0.05, 0) is 56.7 Å². The van der Waals surface area contributed by atoms with Gasteiger partial charge >= 0.3 is 0 Å². The average Bonchev–Trinajstić information content (AvgIpc) is 2.79. The molecule has 0 saturated heterocycles. The minimum Gasteiger partial charge on any atom is -0.312 e. The number of hydrogen-bond acceptors (Lipinski definition) is 2. The van der Waals surface area contributed by atoms with E-state index in [0.717, 1.165) is 5.92 Å². The summed E-state index contributed by atoms with van der Waals surface area (Å²) in [6.45, 7) is 4.68. The largest absolute Gasteiger partial charge is 0.312 e. The number of nitrogens with one attached hydrogen (secondary N) is 1. The Morgan fingerprint density at radius 1 is 1.33 bits per heavy atom. The predicted molar refractivity (Wildman–Crippen MR) is 81.5 cm³/mol. The Kier molecular flexibility index (Phi) is 5.25. The van der Waals surface area contributed by atoms with E-state index < -0.39 is 0 Å². The lowest BCUT2D eigenvalue weighted by molar-refractivity contribution is 0.410. The fraction of sp³-hybridized carbons (Fsp3) is 0.750. The van der Waals surface area contributed by atoms with Crippen LogP contribution >= 0.6 is 11.3 Å². The van der Waals surface area contributed by atoms with Crippen LogP contribution in [0.3, 0.4) is 0 Å². The SMILES string of the molecule is CCCC(C)CC(NC)c1cc2c(s1)CCCC2. The molecule has 0 amide bonds. The quantitative estimate of drug-likeness (QED) is 0.785. The summed E-state index contributed by atoms with van der Waals surface area (Å²) in [5.74, 6) is 0.826. The van der Waals surface area contributed by atoms with E-state index in [2.05, 4.69) is 43.6 Å². The van der Waals surface area contributed by atoms with Gasteiger partial charge in [0.05, 0.1) is 0 Å². The van der Waals surface area contributed by atoms with E-state index in [0.29, 0.717) is 6.04 Å². The molecule has 0 spiro atoms. The molecule has 1 heterocycles. The van der Waals surface area contributed by atoms with Crippen LogP contribution in [-0.2, 0) is 12.8 Å². The molecule has 2 heteroatoms. The Hall–Kier alpha value is -0.340. The second kappa shape index (κ2) is 6.72. The van der Waals surface area contributed by atoms with E-state index in [4.69, 9.17) is 0 Å². The summed E-state index contributed by atoms with van der Waals surface area (Å²) in [6.07, 6.45) is 9.35. The van der Waals surface area contributed by atoms with Crippen LogP contribution in [0, 0.1) is 5.92 Å². The third kappa shape index (κ3) is 3.36. The maximum absolute atomic E-state index is 3.53. The van der Waals surface area contributed by atoms with Crippen molar-refractivity contribution in [1.82, 2.24) is 5.32 Å². The van der Waals surface area contributed by atoms with Crippen LogP contribution in [0.2, 0.25) is 0 Å². The van der Waals surface area contributed by atoms with Crippen molar-refractivity contribution in [3.63, 3.8) is 0 Å². The molecule has 1 aromatic heterocycles. The van der Waals surface area contributed by atoms with E-state index in [1.807, 2.05) is 0 Å². The lowest BCUT2D eigenvalue weighted by atomic mass is 9.95. The Morgan fingerprint density at radius 2 is 2.11 bits per heavy atom. The molecule has 1 aromatic rings. The summed E-state index contributed by atoms with van der Waals surface area (Å²) in [6, 6.07) is 3.06. The topological polar surface area (TPSA) is 12.0 Å². The summed E-state index contributed by atoms with van der Waals surface area (Å²) in [5.41, 5.74) is 1.64. The van der Waals surface area contributed by atoms with Crippen molar-refractivity contribution < 1.29 is 0 Å². The third-order valence-electron chi connectivity index (χ3n) is 4.13. The molecule has 102 valence electrons. The van der Waals surface area contributed by atoms with Gasteiger partial charge in [-0.2, -0.15) is 0 Å². The minimum absolute atomic E-state index is 0.571. The Morgan fingerprint density at radius 3 is 2.78 bits per heavy atom. The van der Waals surface area contributed by atoms with Crippen molar-refractivity contribution in [2.75, 3.05) is 7.05 Å². The van der Waals surface area contributed by atoms with Gasteiger partial charge in [0, 0.05) is 15.8 Å². The van der Waals surface area contributed by atoms with Crippen molar-refractivity contribution in [1.29, 1.82) is 0 Å². The summed E-state index contributed by atoms with van der Waals surface area (Å²) < 4.78 is 0. The van der Waals surface area contributed by atoms with Gasteiger partial charge in [0.15, 0.2) is 0 Å². The third-order valence-corrected chi connectivity index (χ3v) is 5.48. The van der Waals surface area contributed by atoms with Crippen molar-refractivity contribution in [3.05, 3.63) is 21.4 Å². The maximum atomic E-state index is 3.53. The summed E-state index contributed by atoms with van der Waals surface area (Å²) in [7, 11) is 2.11. The summed E-state index contributed by atoms with van der Waals surface area (Å²) in [4.78, 5) is 3.24. The molecule has 1 aliphatic carbocycles. The highest BCUT2D eigenvalue weighted by molar-refractivity contribution is 7.12. The smallest absolute Gasteiger partial charge is 0.0415 e. The van der Waals surface area contributed by atoms with E-state index in [1.54, 1.807) is 15.3 Å². The Bertz CT molecular complexity index is 346. The minimum atomic E-state index is 0.571. The number of thiophene rings is 1. The van der Waals surface area contributed by atoms with Crippen molar-refractivity contribution in [2.24, 2.45) is 5.92 Å². The zero-order valence-corrected chi connectivity index (χ0v) is 12.9. The highest BCUT2D eigenvalue weighted by Gasteiger charge is 2.19. The zero-order valence-electron chi connectivity index (χ0n) is 12.1. The molecule has 0 fully saturated rings. The van der Waals surface area contributed by atoms with E-state index in [9.17, 15) is 0 Å². The molecule has 1 N–H and O–H groups in total. The Balaban J connectivity index is 2.05. The molecule has 0 saturated carbocycles. The number of fused-ring (bicyclic) bond motifs is 1. The monoisotopic (exact) mass is 265 g/mol. The second-order valence-electron chi connectivity index (χ2n) is 5.78. The zero-order chi connectivity index (χ0) is 13.0. The highest BCUT2D eigenvalue weighted by Crippen LogP contribution is 2.35. The molecule has 0 aromatic carbocycles. The first-order chi connectivity index (χ1) is 8.74. The van der Waals surface area contributed by atoms with Crippen LogP contribution < -0.4 is 5.32 Å². The van der Waals surface area contributed by atoms with Crippen LogP contribution in [0.1, 0.15) is 67.3 Å². The second-order valence-corrected chi connectivity index (χ2v) is 6.94. The molecular weight excluding hydrogens is 238 g/mol. The fourth-order valence-corrected chi connectivity index (χ4v) is 4.46. The van der Waals surface area contributed by atoms with Crippen LogP contribution in [0.25, 0.3) is 0 Å². The van der Waals surface area contributed by atoms with Gasteiger partial charge < -0.3 is 5.32 Å². The molecule has 1 aliphatic rings. The molecular formula is C16H27NS. The van der Waals surface area contributed by atoms with Gasteiger partial charge in [-0.25, -0.2) is 0 Å². The van der Waals surface area contributed by atoms with Crippen LogP contribution in [0.15, 0.2) is 6.07 Å². The van der Waals surface area contributed by atoms with Gasteiger partial charge in [-0.15, -0.1) is 11.3 Å². The average molecular weight is 265 g/mol. The Labute approximate surface area is 116 Å². The number of hydrogen-bond donors (Lipinski definition) is 1. The van der Waals surface area contributed by atoms with Gasteiger partial charge in [0.2, 0.25) is 0 Å². The molecule has 2 unspecified atom stereocenters. The lowest BCUT2D eigenvalue weighted by Crippen LogP contribution is -2.18. The van der Waals surface area contributed by atoms with Crippen LogP contribution in [-0.4, -0.2) is 7.05 Å². The molecule has 0 radical (unpaired) electrons. The fourth-order valence-electron chi connectivity index (χ4n) is 3.07. The molecule has 1 nitrogen and oxygen atoms in total. The van der Waals surface area contributed by atoms with Crippen LogP contribution in [0.5, 0.6) is 0 Å². The van der Waals surface area contributed by atoms with Gasteiger partial charge in [0.1, 0.15) is 0 Å². The first kappa shape index (κ1) is 14.1. The maximum Gasteiger partial charge on any atom is 0.0415 e. The van der Waals surface area contributed by atoms with Gasteiger partial charge in [-0.3, -0.25) is 0 Å². The van der Waals surface area contributed by atoms with E-state index in [1.165, 1.54) is 44.9 Å². The molecule has 2 rings (SSSR count). The predicted octanol–water partition coefficient (Wildman–Crippen LogP) is 4.71. The summed E-state index contributed by atoms with van der Waals surface area (Å²) >= 11 is 2.07. The van der Waals surface area contributed by atoms with Crippen molar-refractivity contribution in [2.45, 2.75) is 64.8 Å². The molecule has 0 aliphatic heterocycles. The summed E-state index contributed by atoms with van der Waals surface area (Å²) in [5, 5.41) is 3.53.